The summed E-state index contributed by atoms with van der Waals surface area (Å²) in [5, 5.41) is 14.0. The second-order valence-corrected chi connectivity index (χ2v) is 10.5. The van der Waals surface area contributed by atoms with Crippen LogP contribution in [0.5, 0.6) is 0 Å². The maximum Gasteiger partial charge on any atom is 0.270 e. The van der Waals surface area contributed by atoms with Crippen molar-refractivity contribution in [2.24, 2.45) is 0 Å². The summed E-state index contributed by atoms with van der Waals surface area (Å²) in [6, 6.07) is 11.0. The van der Waals surface area contributed by atoms with Crippen molar-refractivity contribution in [3.8, 4) is 11.1 Å². The molecular formula is C26H21ClN4O2S2. The topological polar surface area (TPSA) is 78.1 Å². The Balaban J connectivity index is 1.57. The van der Waals surface area contributed by atoms with Crippen LogP contribution in [0.15, 0.2) is 35.9 Å². The number of thiocarbonyl (C=S) groups is 1. The molecule has 6 nitrogen and oxygen atoms in total. The van der Waals surface area contributed by atoms with Crippen LogP contribution in [0, 0.1) is 25.2 Å². The van der Waals surface area contributed by atoms with Gasteiger partial charge in [-0.2, -0.15) is 5.26 Å². The van der Waals surface area contributed by atoms with E-state index >= 15 is 0 Å². The number of rotatable bonds is 3. The van der Waals surface area contributed by atoms with Crippen molar-refractivity contribution in [1.82, 2.24) is 9.88 Å². The first-order valence-corrected chi connectivity index (χ1v) is 12.8. The maximum absolute atomic E-state index is 13.4. The smallest absolute Gasteiger partial charge is 0.270 e. The van der Waals surface area contributed by atoms with Gasteiger partial charge >= 0.3 is 0 Å². The van der Waals surface area contributed by atoms with Crippen molar-refractivity contribution >= 4 is 63.8 Å². The average Bonchev–Trinajstić information content (AvgIpc) is 3.33. The Labute approximate surface area is 217 Å². The number of halogens is 1. The van der Waals surface area contributed by atoms with Crippen molar-refractivity contribution in [1.29, 1.82) is 5.26 Å². The monoisotopic (exact) mass is 520 g/mol. The lowest BCUT2D eigenvalue weighted by Gasteiger charge is -2.28. The molecule has 1 aromatic carbocycles. The fourth-order valence-electron chi connectivity index (χ4n) is 4.71. The zero-order chi connectivity index (χ0) is 24.9. The van der Waals surface area contributed by atoms with E-state index in [0.717, 1.165) is 53.2 Å². The van der Waals surface area contributed by atoms with Gasteiger partial charge in [0.05, 0.1) is 11.3 Å². The Morgan fingerprint density at radius 3 is 2.60 bits per heavy atom. The van der Waals surface area contributed by atoms with Gasteiger partial charge in [-0.1, -0.05) is 11.6 Å². The van der Waals surface area contributed by atoms with Gasteiger partial charge in [-0.05, 0) is 99.3 Å². The summed E-state index contributed by atoms with van der Waals surface area (Å²) >= 11 is 12.9. The molecule has 0 radical (unpaired) electrons. The summed E-state index contributed by atoms with van der Waals surface area (Å²) in [7, 11) is 0. The first kappa shape index (κ1) is 23.5. The quantitative estimate of drug-likeness (QED) is 0.285. The number of aromatic nitrogens is 1. The molecule has 176 valence electrons. The molecule has 3 aromatic rings. The fraction of sp³-hybridized carbons (Fsp3) is 0.231. The van der Waals surface area contributed by atoms with E-state index in [9.17, 15) is 14.9 Å². The summed E-state index contributed by atoms with van der Waals surface area (Å²) in [4.78, 5) is 28.7. The number of thiophene rings is 1. The van der Waals surface area contributed by atoms with Gasteiger partial charge in [-0.3, -0.25) is 19.8 Å². The zero-order valence-corrected chi connectivity index (χ0v) is 21.5. The fourth-order valence-corrected chi connectivity index (χ4v) is 6.57. The number of nitrogens with zero attached hydrogens (tertiary/aromatic N) is 3. The lowest BCUT2D eigenvalue weighted by molar-refractivity contribution is -0.122. The largest absolute Gasteiger partial charge is 0.308 e. The number of amides is 2. The number of nitrogens with one attached hydrogen (secondary N) is 1. The van der Waals surface area contributed by atoms with Gasteiger partial charge in [-0.15, -0.1) is 11.3 Å². The van der Waals surface area contributed by atoms with E-state index in [2.05, 4.69) is 16.0 Å². The third-order valence-electron chi connectivity index (χ3n) is 6.42. The van der Waals surface area contributed by atoms with E-state index in [1.807, 2.05) is 19.9 Å². The minimum absolute atomic E-state index is 0.0141. The highest BCUT2D eigenvalue weighted by atomic mass is 35.5. The number of carbonyl (C=O) groups excluding carboxylic acids is 2. The van der Waals surface area contributed by atoms with Crippen molar-refractivity contribution in [3.05, 3.63) is 73.9 Å². The average molecular weight is 521 g/mol. The molecule has 35 heavy (non-hydrogen) atoms. The van der Waals surface area contributed by atoms with E-state index in [-0.39, 0.29) is 10.7 Å². The third kappa shape index (κ3) is 4.00. The van der Waals surface area contributed by atoms with Crippen LogP contribution in [-0.4, -0.2) is 21.5 Å². The molecule has 5 rings (SSSR count). The Morgan fingerprint density at radius 1 is 1.17 bits per heavy atom. The van der Waals surface area contributed by atoms with E-state index in [4.69, 9.17) is 23.8 Å². The molecule has 1 aliphatic heterocycles. The maximum atomic E-state index is 13.4. The normalized spacial score (nSPS) is 16.9. The van der Waals surface area contributed by atoms with Crippen LogP contribution in [0.1, 0.15) is 45.8 Å². The summed E-state index contributed by atoms with van der Waals surface area (Å²) < 4.78 is 2.06. The number of hydrogen-bond donors (Lipinski definition) is 1. The van der Waals surface area contributed by atoms with Crippen LogP contribution in [0.4, 0.5) is 5.69 Å². The highest BCUT2D eigenvalue weighted by molar-refractivity contribution is 7.80. The zero-order valence-electron chi connectivity index (χ0n) is 19.1. The van der Waals surface area contributed by atoms with Crippen LogP contribution in [0.25, 0.3) is 11.1 Å². The van der Waals surface area contributed by atoms with Gasteiger partial charge in [-0.25, -0.2) is 0 Å². The molecule has 1 fully saturated rings. The predicted molar refractivity (Wildman–Crippen MR) is 142 cm³/mol. The molecule has 0 saturated carbocycles. The SMILES string of the molecule is Cc1cc(C=C2C(=O)NC(=S)N(c3ccc(Cl)cc3)C2=O)c(C)n1-c1sc2c(c1C#N)CCCC2. The molecule has 1 aliphatic carbocycles. The number of hydrogen-bond acceptors (Lipinski definition) is 5. The van der Waals surface area contributed by atoms with E-state index in [0.29, 0.717) is 10.7 Å². The Kier molecular flexibility index (Phi) is 6.09. The number of nitriles is 1. The predicted octanol–water partition coefficient (Wildman–Crippen LogP) is 5.39. The first-order valence-electron chi connectivity index (χ1n) is 11.2. The van der Waals surface area contributed by atoms with Gasteiger partial charge in [0.15, 0.2) is 5.11 Å². The minimum atomic E-state index is -0.542. The van der Waals surface area contributed by atoms with Crippen LogP contribution < -0.4 is 10.2 Å². The summed E-state index contributed by atoms with van der Waals surface area (Å²) in [5.74, 6) is -1.05. The molecule has 2 aromatic heterocycles. The first-order chi connectivity index (χ1) is 16.8. The van der Waals surface area contributed by atoms with Crippen molar-refractivity contribution in [2.45, 2.75) is 39.5 Å². The van der Waals surface area contributed by atoms with Crippen molar-refractivity contribution in [3.63, 3.8) is 0 Å². The van der Waals surface area contributed by atoms with Gasteiger partial charge in [0, 0.05) is 21.3 Å². The molecular weight excluding hydrogens is 500 g/mol. The lowest BCUT2D eigenvalue weighted by atomic mass is 9.96. The highest BCUT2D eigenvalue weighted by Crippen LogP contribution is 2.38. The van der Waals surface area contributed by atoms with E-state index in [1.165, 1.54) is 15.3 Å². The number of aryl methyl sites for hydroxylation is 2. The number of fused-ring (bicyclic) bond motifs is 1. The molecule has 0 spiro atoms. The Hall–Kier alpha value is -3.25. The van der Waals surface area contributed by atoms with Crippen LogP contribution in [0.3, 0.4) is 0 Å². The Bertz CT molecular complexity index is 1470. The second-order valence-electron chi connectivity index (χ2n) is 8.60. The van der Waals surface area contributed by atoms with Gasteiger partial charge in [0.25, 0.3) is 11.8 Å². The summed E-state index contributed by atoms with van der Waals surface area (Å²) in [6.07, 6.45) is 5.77. The van der Waals surface area contributed by atoms with Crippen LogP contribution >= 0.6 is 35.2 Å². The lowest BCUT2D eigenvalue weighted by Crippen LogP contribution is -2.54. The molecule has 9 heteroatoms. The number of carbonyl (C=O) groups is 2. The molecule has 2 aliphatic rings. The second kappa shape index (κ2) is 9.08. The standard InChI is InChI=1S/C26H21ClN4O2S2/c1-14-11-16(15(2)30(14)25-21(13-28)19-5-3-4-6-22(19)35-25)12-20-23(32)29-26(34)31(24(20)33)18-9-7-17(27)8-10-18/h7-12H,3-6H2,1-2H3,(H,29,32,34). The van der Waals surface area contributed by atoms with E-state index < -0.39 is 11.8 Å². The van der Waals surface area contributed by atoms with E-state index in [1.54, 1.807) is 41.7 Å². The molecule has 1 saturated heterocycles. The van der Waals surface area contributed by atoms with Gasteiger partial charge in [0.2, 0.25) is 0 Å². The molecule has 0 bridgehead atoms. The Morgan fingerprint density at radius 2 is 1.89 bits per heavy atom. The van der Waals surface area contributed by atoms with Crippen LogP contribution in [-0.2, 0) is 22.4 Å². The number of anilines is 1. The third-order valence-corrected chi connectivity index (χ3v) is 8.24. The van der Waals surface area contributed by atoms with Crippen LogP contribution in [0.2, 0.25) is 5.02 Å². The number of benzene rings is 1. The minimum Gasteiger partial charge on any atom is -0.308 e. The van der Waals surface area contributed by atoms with Gasteiger partial charge in [0.1, 0.15) is 16.6 Å². The van der Waals surface area contributed by atoms with Crippen molar-refractivity contribution in [2.75, 3.05) is 4.90 Å². The molecule has 0 unspecified atom stereocenters. The highest BCUT2D eigenvalue weighted by Gasteiger charge is 2.35. The summed E-state index contributed by atoms with van der Waals surface area (Å²) in [5.41, 5.74) is 4.93. The molecule has 1 N–H and O–H groups in total. The molecule has 2 amide bonds. The van der Waals surface area contributed by atoms with Gasteiger partial charge < -0.3 is 4.57 Å². The summed E-state index contributed by atoms with van der Waals surface area (Å²) in [6.45, 7) is 3.90. The molecule has 3 heterocycles. The van der Waals surface area contributed by atoms with Crippen molar-refractivity contribution < 1.29 is 9.59 Å². The molecule has 0 atom stereocenters.